The molecule has 4 nitrogen and oxygen atoms in total. The Bertz CT molecular complexity index is 689. The Morgan fingerprint density at radius 3 is 2.40 bits per heavy atom. The molecule has 0 fully saturated rings. The van der Waals surface area contributed by atoms with Crippen molar-refractivity contribution in [3.05, 3.63) is 54.2 Å². The molecule has 2 rings (SSSR count). The topological polar surface area (TPSA) is 59.1 Å². The van der Waals surface area contributed by atoms with Gasteiger partial charge in [-0.05, 0) is 35.2 Å². The van der Waals surface area contributed by atoms with Crippen LogP contribution in [0.25, 0.3) is 0 Å². The van der Waals surface area contributed by atoms with E-state index in [1.165, 1.54) is 12.3 Å². The van der Waals surface area contributed by atoms with Crippen molar-refractivity contribution in [3.63, 3.8) is 0 Å². The zero-order chi connectivity index (χ0) is 14.8. The zero-order valence-corrected chi connectivity index (χ0v) is 12.6. The van der Waals surface area contributed by atoms with Gasteiger partial charge >= 0.3 is 0 Å². The van der Waals surface area contributed by atoms with Crippen LogP contribution in [0.3, 0.4) is 0 Å². The summed E-state index contributed by atoms with van der Waals surface area (Å²) >= 11 is 0. The van der Waals surface area contributed by atoms with Crippen LogP contribution in [0.4, 0.5) is 5.69 Å². The molecular formula is C15H18N2O2S. The third kappa shape index (κ3) is 3.36. The maximum atomic E-state index is 12.2. The summed E-state index contributed by atoms with van der Waals surface area (Å²) in [7, 11) is -3.64. The lowest BCUT2D eigenvalue weighted by Gasteiger charge is -2.20. The Hall–Kier alpha value is -1.88. The van der Waals surface area contributed by atoms with E-state index in [-0.39, 0.29) is 10.4 Å². The second-order valence-corrected chi connectivity index (χ2v) is 7.23. The first-order valence-electron chi connectivity index (χ1n) is 6.33. The van der Waals surface area contributed by atoms with Gasteiger partial charge in [0.2, 0.25) is 0 Å². The highest BCUT2D eigenvalue weighted by Gasteiger charge is 2.17. The first-order valence-corrected chi connectivity index (χ1v) is 7.82. The molecule has 5 heteroatoms. The van der Waals surface area contributed by atoms with Crippen LogP contribution < -0.4 is 4.72 Å². The minimum atomic E-state index is -3.64. The molecule has 1 aromatic heterocycles. The monoisotopic (exact) mass is 290 g/mol. The van der Waals surface area contributed by atoms with Gasteiger partial charge in [-0.25, -0.2) is 4.98 Å². The maximum absolute atomic E-state index is 12.2. The highest BCUT2D eigenvalue weighted by atomic mass is 32.2. The lowest BCUT2D eigenvalue weighted by atomic mass is 9.87. The molecule has 0 unspecified atom stereocenters. The van der Waals surface area contributed by atoms with Crippen molar-refractivity contribution in [2.45, 2.75) is 31.2 Å². The summed E-state index contributed by atoms with van der Waals surface area (Å²) < 4.78 is 26.9. The molecule has 0 saturated heterocycles. The third-order valence-electron chi connectivity index (χ3n) is 2.89. The fraction of sp³-hybridized carbons (Fsp3) is 0.267. The van der Waals surface area contributed by atoms with Crippen LogP contribution >= 0.6 is 0 Å². The molecule has 20 heavy (non-hydrogen) atoms. The predicted molar refractivity (Wildman–Crippen MR) is 80.2 cm³/mol. The van der Waals surface area contributed by atoms with E-state index < -0.39 is 10.0 Å². The molecule has 0 spiro atoms. The number of nitrogens with one attached hydrogen (secondary N) is 1. The van der Waals surface area contributed by atoms with Crippen LogP contribution in [0.15, 0.2) is 53.7 Å². The number of anilines is 1. The van der Waals surface area contributed by atoms with Crippen molar-refractivity contribution in [2.75, 3.05) is 4.72 Å². The Balaban J connectivity index is 2.31. The van der Waals surface area contributed by atoms with Crippen LogP contribution in [-0.4, -0.2) is 13.4 Å². The summed E-state index contributed by atoms with van der Waals surface area (Å²) in [6, 6.07) is 12.2. The molecule has 2 aromatic rings. The summed E-state index contributed by atoms with van der Waals surface area (Å²) in [5.41, 5.74) is 1.58. The first kappa shape index (κ1) is 14.5. The van der Waals surface area contributed by atoms with Gasteiger partial charge < -0.3 is 0 Å². The molecule has 0 atom stereocenters. The standard InChI is InChI=1S/C15H18N2O2S/c1-15(2,3)12-7-6-8-13(11-12)17-20(18,19)14-9-4-5-10-16-14/h4-11,17H,1-3H3. The van der Waals surface area contributed by atoms with Crippen molar-refractivity contribution in [2.24, 2.45) is 0 Å². The second kappa shape index (κ2) is 5.25. The van der Waals surface area contributed by atoms with E-state index in [9.17, 15) is 8.42 Å². The lowest BCUT2D eigenvalue weighted by molar-refractivity contribution is 0.589. The Labute approximate surface area is 119 Å². The highest BCUT2D eigenvalue weighted by Crippen LogP contribution is 2.25. The number of aromatic nitrogens is 1. The average molecular weight is 290 g/mol. The van der Waals surface area contributed by atoms with E-state index in [0.29, 0.717) is 5.69 Å². The predicted octanol–water partition coefficient (Wildman–Crippen LogP) is 3.18. The molecule has 0 aliphatic rings. The molecule has 0 aliphatic carbocycles. The molecule has 0 amide bonds. The first-order chi connectivity index (χ1) is 9.29. The van der Waals surface area contributed by atoms with Crippen molar-refractivity contribution in [1.82, 2.24) is 4.98 Å². The van der Waals surface area contributed by atoms with Gasteiger partial charge in [0, 0.05) is 11.9 Å². The smallest absolute Gasteiger partial charge is 0.278 e. The Morgan fingerprint density at radius 1 is 1.05 bits per heavy atom. The van der Waals surface area contributed by atoms with E-state index in [1.807, 2.05) is 18.2 Å². The van der Waals surface area contributed by atoms with Gasteiger partial charge in [-0.15, -0.1) is 0 Å². The molecule has 0 aliphatic heterocycles. The van der Waals surface area contributed by atoms with Crippen molar-refractivity contribution < 1.29 is 8.42 Å². The molecular weight excluding hydrogens is 272 g/mol. The summed E-state index contributed by atoms with van der Waals surface area (Å²) in [4.78, 5) is 3.87. The average Bonchev–Trinajstić information content (AvgIpc) is 2.38. The second-order valence-electron chi connectivity index (χ2n) is 5.60. The number of rotatable bonds is 3. The van der Waals surface area contributed by atoms with Gasteiger partial charge in [0.15, 0.2) is 5.03 Å². The number of pyridine rings is 1. The summed E-state index contributed by atoms with van der Waals surface area (Å²) in [6.07, 6.45) is 1.46. The van der Waals surface area contributed by atoms with Gasteiger partial charge in [-0.2, -0.15) is 8.42 Å². The SMILES string of the molecule is CC(C)(C)c1cccc(NS(=O)(=O)c2ccccn2)c1. The highest BCUT2D eigenvalue weighted by molar-refractivity contribution is 7.92. The van der Waals surface area contributed by atoms with E-state index >= 15 is 0 Å². The molecule has 1 N–H and O–H groups in total. The largest absolute Gasteiger partial charge is 0.279 e. The number of sulfonamides is 1. The van der Waals surface area contributed by atoms with Gasteiger partial charge in [-0.3, -0.25) is 4.72 Å². The van der Waals surface area contributed by atoms with Gasteiger partial charge in [0.25, 0.3) is 10.0 Å². The number of benzene rings is 1. The van der Waals surface area contributed by atoms with E-state index in [0.717, 1.165) is 5.56 Å². The third-order valence-corrected chi connectivity index (χ3v) is 4.19. The Morgan fingerprint density at radius 2 is 1.80 bits per heavy atom. The van der Waals surface area contributed by atoms with Crippen LogP contribution in [0.1, 0.15) is 26.3 Å². The molecule has 0 saturated carbocycles. The van der Waals surface area contributed by atoms with Gasteiger partial charge in [0.05, 0.1) is 0 Å². The van der Waals surface area contributed by atoms with E-state index in [1.54, 1.807) is 18.2 Å². The van der Waals surface area contributed by atoms with Crippen LogP contribution in [0.5, 0.6) is 0 Å². The molecule has 1 aromatic carbocycles. The van der Waals surface area contributed by atoms with Crippen LogP contribution in [0.2, 0.25) is 0 Å². The fourth-order valence-corrected chi connectivity index (χ4v) is 2.76. The summed E-state index contributed by atoms with van der Waals surface area (Å²) in [6.45, 7) is 6.25. The van der Waals surface area contributed by atoms with Crippen LogP contribution in [0, 0.1) is 0 Å². The summed E-state index contributed by atoms with van der Waals surface area (Å²) in [5.74, 6) is 0. The molecule has 0 bridgehead atoms. The number of hydrogen-bond acceptors (Lipinski definition) is 3. The normalized spacial score (nSPS) is 12.2. The zero-order valence-electron chi connectivity index (χ0n) is 11.8. The molecule has 1 heterocycles. The molecule has 0 radical (unpaired) electrons. The van der Waals surface area contributed by atoms with E-state index in [2.05, 4.69) is 30.5 Å². The van der Waals surface area contributed by atoms with Crippen molar-refractivity contribution >= 4 is 15.7 Å². The summed E-state index contributed by atoms with van der Waals surface area (Å²) in [5, 5.41) is 0.0150. The minimum Gasteiger partial charge on any atom is -0.278 e. The van der Waals surface area contributed by atoms with Gasteiger partial charge in [0.1, 0.15) is 0 Å². The minimum absolute atomic E-state index is 0.0150. The number of hydrogen-bond donors (Lipinski definition) is 1. The number of nitrogens with zero attached hydrogens (tertiary/aromatic N) is 1. The fourth-order valence-electron chi connectivity index (χ4n) is 1.76. The van der Waals surface area contributed by atoms with Crippen molar-refractivity contribution in [1.29, 1.82) is 0 Å². The lowest BCUT2D eigenvalue weighted by Crippen LogP contribution is -2.16. The van der Waals surface area contributed by atoms with E-state index in [4.69, 9.17) is 0 Å². The Kier molecular flexibility index (Phi) is 3.81. The van der Waals surface area contributed by atoms with Crippen molar-refractivity contribution in [3.8, 4) is 0 Å². The quantitative estimate of drug-likeness (QED) is 0.944. The molecule has 106 valence electrons. The maximum Gasteiger partial charge on any atom is 0.279 e. The van der Waals surface area contributed by atoms with Gasteiger partial charge in [-0.1, -0.05) is 39.0 Å². The van der Waals surface area contributed by atoms with Crippen LogP contribution in [-0.2, 0) is 15.4 Å².